The maximum absolute atomic E-state index is 10.8. The number of ether oxygens (including phenoxy) is 3. The van der Waals surface area contributed by atoms with Gasteiger partial charge in [-0.05, 0) is 35.2 Å². The summed E-state index contributed by atoms with van der Waals surface area (Å²) in [6, 6.07) is 28.3. The fourth-order valence-electron chi connectivity index (χ4n) is 4.67. The van der Waals surface area contributed by atoms with E-state index in [9.17, 15) is 5.11 Å². The zero-order valence-corrected chi connectivity index (χ0v) is 22.8. The van der Waals surface area contributed by atoms with Gasteiger partial charge in [-0.15, -0.1) is 0 Å². The molecule has 9 heteroatoms. The van der Waals surface area contributed by atoms with Gasteiger partial charge in [0, 0.05) is 14.1 Å². The first-order valence-electron chi connectivity index (χ1n) is 13.1. The maximum atomic E-state index is 10.8. The Labute approximate surface area is 233 Å². The lowest BCUT2D eigenvalue weighted by atomic mass is 9.80. The number of imidazole rings is 1. The summed E-state index contributed by atoms with van der Waals surface area (Å²) in [7, 11) is 5.36. The molecule has 0 aliphatic heterocycles. The molecule has 0 bridgehead atoms. The van der Waals surface area contributed by atoms with Crippen LogP contribution in [0.2, 0.25) is 0 Å². The van der Waals surface area contributed by atoms with Gasteiger partial charge >= 0.3 is 0 Å². The number of hydrogen-bond acceptors (Lipinski definition) is 8. The fourth-order valence-corrected chi connectivity index (χ4v) is 4.67. The number of aliphatic hydroxyl groups is 1. The Morgan fingerprint density at radius 1 is 0.850 bits per heavy atom. The molecule has 0 amide bonds. The zero-order chi connectivity index (χ0) is 28.0. The summed E-state index contributed by atoms with van der Waals surface area (Å²) in [4.78, 5) is 14.8. The minimum atomic E-state index is -1.25. The first-order valence-corrected chi connectivity index (χ1v) is 13.1. The molecule has 0 aliphatic rings. The van der Waals surface area contributed by atoms with Crippen LogP contribution in [0.5, 0.6) is 5.75 Å². The highest BCUT2D eigenvalue weighted by molar-refractivity contribution is 5.71. The molecule has 0 radical (unpaired) electrons. The summed E-state index contributed by atoms with van der Waals surface area (Å²) in [6.07, 6.45) is 2.42. The average Bonchev–Trinajstić information content (AvgIpc) is 3.43. The molecule has 2 aromatic heterocycles. The number of anilines is 1. The van der Waals surface area contributed by atoms with Gasteiger partial charge in [0.2, 0.25) is 12.4 Å². The zero-order valence-electron chi connectivity index (χ0n) is 22.8. The molecule has 206 valence electrons. The summed E-state index contributed by atoms with van der Waals surface area (Å²) in [5.41, 5.74) is 3.21. The van der Waals surface area contributed by atoms with Crippen LogP contribution in [-0.2, 0) is 15.1 Å². The van der Waals surface area contributed by atoms with Crippen LogP contribution in [-0.4, -0.2) is 59.0 Å². The third-order valence-corrected chi connectivity index (χ3v) is 6.67. The molecule has 3 aromatic carbocycles. The summed E-state index contributed by atoms with van der Waals surface area (Å²) in [5.74, 6) is 1.29. The van der Waals surface area contributed by atoms with E-state index < -0.39 is 12.0 Å². The van der Waals surface area contributed by atoms with Crippen molar-refractivity contribution in [3.8, 4) is 5.75 Å². The van der Waals surface area contributed by atoms with Crippen LogP contribution in [0, 0.1) is 0 Å². The highest BCUT2D eigenvalue weighted by Crippen LogP contribution is 2.41. The lowest BCUT2D eigenvalue weighted by Crippen LogP contribution is -2.33. The molecule has 9 nitrogen and oxygen atoms in total. The first kappa shape index (κ1) is 27.3. The summed E-state index contributed by atoms with van der Waals surface area (Å²) >= 11 is 0. The van der Waals surface area contributed by atoms with Crippen LogP contribution in [0.1, 0.15) is 29.5 Å². The molecule has 5 aromatic rings. The number of nitrogens with zero attached hydrogens (tertiary/aromatic N) is 5. The second kappa shape index (κ2) is 12.3. The molecule has 1 N–H and O–H groups in total. The monoisotopic (exact) mass is 539 g/mol. The molecule has 1 atom stereocenters. The van der Waals surface area contributed by atoms with Crippen LogP contribution < -0.4 is 9.64 Å². The van der Waals surface area contributed by atoms with Crippen LogP contribution in [0.4, 0.5) is 5.95 Å². The number of aliphatic hydroxyl groups excluding tert-OH is 1. The van der Waals surface area contributed by atoms with E-state index in [1.807, 2.05) is 74.8 Å². The van der Waals surface area contributed by atoms with E-state index >= 15 is 0 Å². The molecule has 0 spiro atoms. The number of aromatic nitrogens is 4. The second-order valence-electron chi connectivity index (χ2n) is 9.47. The van der Waals surface area contributed by atoms with Crippen molar-refractivity contribution in [3.05, 3.63) is 114 Å². The highest BCUT2D eigenvalue weighted by atomic mass is 16.6. The number of fused-ring (bicyclic) bond motifs is 1. The smallest absolute Gasteiger partial charge is 0.244 e. The van der Waals surface area contributed by atoms with Crippen molar-refractivity contribution in [2.75, 3.05) is 39.3 Å². The predicted molar refractivity (Wildman–Crippen MR) is 153 cm³/mol. The average molecular weight is 540 g/mol. The second-order valence-corrected chi connectivity index (χ2v) is 9.47. The minimum absolute atomic E-state index is 0.259. The topological polar surface area (TPSA) is 94.8 Å². The van der Waals surface area contributed by atoms with Crippen LogP contribution in [0.15, 0.2) is 97.5 Å². The van der Waals surface area contributed by atoms with Crippen molar-refractivity contribution in [2.45, 2.75) is 18.4 Å². The van der Waals surface area contributed by atoms with Crippen LogP contribution in [0.25, 0.3) is 11.2 Å². The Balaban J connectivity index is 1.34. The van der Waals surface area contributed by atoms with E-state index in [1.54, 1.807) is 18.2 Å². The van der Waals surface area contributed by atoms with Gasteiger partial charge in [-0.3, -0.25) is 4.57 Å². The van der Waals surface area contributed by atoms with Crippen molar-refractivity contribution in [3.63, 3.8) is 0 Å². The molecule has 0 fully saturated rings. The van der Waals surface area contributed by atoms with E-state index in [0.29, 0.717) is 30.1 Å². The number of benzene rings is 3. The maximum Gasteiger partial charge on any atom is 0.244 e. The Bertz CT molecular complexity index is 1470. The Hall–Kier alpha value is -4.31. The third kappa shape index (κ3) is 5.53. The SMILES string of the molecule is COc1ccc(C(OCCCOC(O)n2cnc3cnc(N(C)C)nc32)(c2ccccc2)c2ccccc2)cc1. The highest BCUT2D eigenvalue weighted by Gasteiger charge is 2.37. The van der Waals surface area contributed by atoms with E-state index in [2.05, 4.69) is 39.2 Å². The van der Waals surface area contributed by atoms with Gasteiger partial charge in [0.25, 0.3) is 0 Å². The number of hydrogen-bond donors (Lipinski definition) is 1. The first-order chi connectivity index (χ1) is 19.5. The number of rotatable bonds is 12. The normalized spacial score (nSPS) is 12.4. The third-order valence-electron chi connectivity index (χ3n) is 6.67. The molecule has 5 rings (SSSR count). The van der Waals surface area contributed by atoms with Gasteiger partial charge in [0.05, 0.1) is 26.5 Å². The lowest BCUT2D eigenvalue weighted by Gasteiger charge is -2.36. The van der Waals surface area contributed by atoms with Gasteiger partial charge in [0.15, 0.2) is 5.65 Å². The summed E-state index contributed by atoms with van der Waals surface area (Å²) in [6.45, 7) is 0.634. The Morgan fingerprint density at radius 2 is 1.48 bits per heavy atom. The molecular weight excluding hydrogens is 506 g/mol. The van der Waals surface area contributed by atoms with E-state index in [1.165, 1.54) is 10.9 Å². The molecule has 40 heavy (non-hydrogen) atoms. The molecular formula is C31H33N5O4. The van der Waals surface area contributed by atoms with Crippen molar-refractivity contribution in [2.24, 2.45) is 0 Å². The van der Waals surface area contributed by atoms with Gasteiger partial charge < -0.3 is 24.2 Å². The Morgan fingerprint density at radius 3 is 2.08 bits per heavy atom. The standard InChI is InChI=1S/C31H33N5O4/c1-35(2)29-32-21-27-28(34-29)36(22-33-27)30(37)39-19-10-20-40-31(23-11-6-4-7-12-23,24-13-8-5-9-14-24)25-15-17-26(38-3)18-16-25/h4-9,11-18,21-22,30,37H,10,19-20H2,1-3H3. The van der Waals surface area contributed by atoms with Gasteiger partial charge in [0.1, 0.15) is 23.2 Å². The van der Waals surface area contributed by atoms with E-state index in [4.69, 9.17) is 14.2 Å². The van der Waals surface area contributed by atoms with E-state index in [-0.39, 0.29) is 6.61 Å². The molecule has 1 unspecified atom stereocenters. The number of methoxy groups -OCH3 is 1. The van der Waals surface area contributed by atoms with Crippen LogP contribution >= 0.6 is 0 Å². The van der Waals surface area contributed by atoms with Gasteiger partial charge in [-0.1, -0.05) is 72.8 Å². The van der Waals surface area contributed by atoms with Crippen molar-refractivity contribution >= 4 is 17.1 Å². The summed E-state index contributed by atoms with van der Waals surface area (Å²) < 4.78 is 19.5. The fraction of sp³-hybridized carbons (Fsp3) is 0.258. The quantitative estimate of drug-likeness (QED) is 0.138. The van der Waals surface area contributed by atoms with Gasteiger partial charge in [-0.2, -0.15) is 4.98 Å². The van der Waals surface area contributed by atoms with Crippen LogP contribution in [0.3, 0.4) is 0 Å². The molecule has 0 saturated heterocycles. The van der Waals surface area contributed by atoms with Crippen molar-refractivity contribution in [1.29, 1.82) is 0 Å². The molecule has 0 aliphatic carbocycles. The Kier molecular flexibility index (Phi) is 8.35. The summed E-state index contributed by atoms with van der Waals surface area (Å²) in [5, 5.41) is 10.8. The largest absolute Gasteiger partial charge is 0.497 e. The van der Waals surface area contributed by atoms with Crippen molar-refractivity contribution < 1.29 is 19.3 Å². The predicted octanol–water partition coefficient (Wildman–Crippen LogP) is 4.76. The van der Waals surface area contributed by atoms with Gasteiger partial charge in [-0.25, -0.2) is 9.97 Å². The molecule has 2 heterocycles. The van der Waals surface area contributed by atoms with Crippen molar-refractivity contribution in [1.82, 2.24) is 19.5 Å². The lowest BCUT2D eigenvalue weighted by molar-refractivity contribution is -0.154. The molecule has 0 saturated carbocycles. The minimum Gasteiger partial charge on any atom is -0.497 e. The van der Waals surface area contributed by atoms with E-state index in [0.717, 1.165) is 22.4 Å².